The fraction of sp³-hybridized carbons (Fsp3) is 0.368. The molecule has 0 unspecified atom stereocenters. The van der Waals surface area contributed by atoms with E-state index in [0.29, 0.717) is 11.9 Å². The van der Waals surface area contributed by atoms with Gasteiger partial charge in [0.25, 0.3) is 0 Å². The molecule has 1 aliphatic rings. The second-order valence-corrected chi connectivity index (χ2v) is 6.65. The maximum atomic E-state index is 13.6. The molecule has 0 aliphatic carbocycles. The largest absolute Gasteiger partial charge is 0.371 e. The molecule has 140 valence electrons. The van der Waals surface area contributed by atoms with E-state index in [1.54, 1.807) is 7.05 Å². The number of hydrogen-bond donors (Lipinski definition) is 1. The standard InChI is InChI=1S/C19H22FN7/c1-21-17-16(20)12-24-19(25-17)26-9-4-15(5-10-26)18-23-8-11-27(18)13-14-2-6-22-7-3-14/h2-3,6-8,11-12,15H,4-5,9-10,13H2,1H3,(H,21,24,25). The summed E-state index contributed by atoms with van der Waals surface area (Å²) in [5.74, 6) is 1.87. The Bertz CT molecular complexity index is 888. The number of aromatic nitrogens is 5. The van der Waals surface area contributed by atoms with Crippen molar-refractivity contribution in [1.82, 2.24) is 24.5 Å². The molecule has 0 saturated carbocycles. The van der Waals surface area contributed by atoms with Crippen LogP contribution in [-0.2, 0) is 6.54 Å². The molecular weight excluding hydrogens is 345 g/mol. The predicted molar refractivity (Wildman–Crippen MR) is 101 cm³/mol. The highest BCUT2D eigenvalue weighted by Gasteiger charge is 2.25. The van der Waals surface area contributed by atoms with Crippen molar-refractivity contribution in [3.63, 3.8) is 0 Å². The molecule has 0 radical (unpaired) electrons. The van der Waals surface area contributed by atoms with Gasteiger partial charge >= 0.3 is 0 Å². The van der Waals surface area contributed by atoms with E-state index in [2.05, 4.69) is 34.7 Å². The van der Waals surface area contributed by atoms with Crippen molar-refractivity contribution in [2.24, 2.45) is 0 Å². The third kappa shape index (κ3) is 3.74. The molecular formula is C19H22FN7. The SMILES string of the molecule is CNc1nc(N2CCC(c3nccn3Cc3ccncc3)CC2)ncc1F. The van der Waals surface area contributed by atoms with Crippen LogP contribution in [0.1, 0.15) is 30.1 Å². The van der Waals surface area contributed by atoms with Crippen LogP contribution in [0.25, 0.3) is 0 Å². The number of nitrogens with one attached hydrogen (secondary N) is 1. The van der Waals surface area contributed by atoms with E-state index in [9.17, 15) is 4.39 Å². The molecule has 7 nitrogen and oxygen atoms in total. The highest BCUT2D eigenvalue weighted by atomic mass is 19.1. The molecule has 1 N–H and O–H groups in total. The zero-order valence-corrected chi connectivity index (χ0v) is 15.2. The Morgan fingerprint density at radius 2 is 1.93 bits per heavy atom. The van der Waals surface area contributed by atoms with Gasteiger partial charge in [-0.05, 0) is 30.5 Å². The normalized spacial score (nSPS) is 15.1. The minimum atomic E-state index is -0.436. The number of piperidine rings is 1. The lowest BCUT2D eigenvalue weighted by molar-refractivity contribution is 0.465. The van der Waals surface area contributed by atoms with Crippen LogP contribution in [0.4, 0.5) is 16.2 Å². The van der Waals surface area contributed by atoms with Gasteiger partial charge < -0.3 is 14.8 Å². The van der Waals surface area contributed by atoms with E-state index >= 15 is 0 Å². The lowest BCUT2D eigenvalue weighted by Gasteiger charge is -2.32. The predicted octanol–water partition coefficient (Wildman–Crippen LogP) is 2.68. The molecule has 3 aromatic rings. The average Bonchev–Trinajstić information content (AvgIpc) is 3.17. The van der Waals surface area contributed by atoms with E-state index in [4.69, 9.17) is 0 Å². The average molecular weight is 367 g/mol. The lowest BCUT2D eigenvalue weighted by Crippen LogP contribution is -2.35. The topological polar surface area (TPSA) is 71.8 Å². The Morgan fingerprint density at radius 3 is 2.67 bits per heavy atom. The number of pyridine rings is 1. The summed E-state index contributed by atoms with van der Waals surface area (Å²) in [5, 5.41) is 2.77. The summed E-state index contributed by atoms with van der Waals surface area (Å²) in [6, 6.07) is 4.05. The van der Waals surface area contributed by atoms with Gasteiger partial charge in [0, 0.05) is 57.4 Å². The third-order valence-corrected chi connectivity index (χ3v) is 4.96. The van der Waals surface area contributed by atoms with Crippen molar-refractivity contribution in [3.05, 3.63) is 60.3 Å². The summed E-state index contributed by atoms with van der Waals surface area (Å²) in [6.45, 7) is 2.44. The molecule has 0 bridgehead atoms. The molecule has 0 atom stereocenters. The fourth-order valence-corrected chi connectivity index (χ4v) is 3.52. The van der Waals surface area contributed by atoms with Crippen LogP contribution in [0.3, 0.4) is 0 Å². The van der Waals surface area contributed by atoms with Crippen molar-refractivity contribution in [3.8, 4) is 0 Å². The van der Waals surface area contributed by atoms with Gasteiger partial charge in [-0.2, -0.15) is 4.98 Å². The quantitative estimate of drug-likeness (QED) is 0.748. The molecule has 8 heteroatoms. The molecule has 0 aromatic carbocycles. The maximum Gasteiger partial charge on any atom is 0.227 e. The van der Waals surface area contributed by atoms with Crippen molar-refractivity contribution >= 4 is 11.8 Å². The number of halogens is 1. The molecule has 1 aliphatic heterocycles. The van der Waals surface area contributed by atoms with Crippen LogP contribution in [-0.4, -0.2) is 44.6 Å². The molecule has 4 heterocycles. The van der Waals surface area contributed by atoms with Crippen LogP contribution < -0.4 is 10.2 Å². The van der Waals surface area contributed by atoms with Crippen molar-refractivity contribution < 1.29 is 4.39 Å². The van der Waals surface area contributed by atoms with Gasteiger partial charge in [-0.3, -0.25) is 4.98 Å². The monoisotopic (exact) mass is 367 g/mol. The Hall–Kier alpha value is -3.03. The minimum absolute atomic E-state index is 0.231. The van der Waals surface area contributed by atoms with E-state index in [1.165, 1.54) is 11.8 Å². The first-order chi connectivity index (χ1) is 13.2. The minimum Gasteiger partial charge on any atom is -0.371 e. The van der Waals surface area contributed by atoms with Crippen LogP contribution in [0, 0.1) is 5.82 Å². The highest BCUT2D eigenvalue weighted by molar-refractivity contribution is 5.42. The molecule has 0 amide bonds. The van der Waals surface area contributed by atoms with Gasteiger partial charge in [0.2, 0.25) is 5.95 Å². The van der Waals surface area contributed by atoms with Crippen molar-refractivity contribution in [1.29, 1.82) is 0 Å². The Labute approximate surface area is 157 Å². The summed E-state index contributed by atoms with van der Waals surface area (Å²) in [6.07, 6.45) is 10.7. The number of imidazole rings is 1. The summed E-state index contributed by atoms with van der Waals surface area (Å²) < 4.78 is 15.8. The van der Waals surface area contributed by atoms with E-state index in [0.717, 1.165) is 38.3 Å². The molecule has 4 rings (SSSR count). The molecule has 3 aromatic heterocycles. The van der Waals surface area contributed by atoms with Gasteiger partial charge in [-0.15, -0.1) is 0 Å². The van der Waals surface area contributed by atoms with Gasteiger partial charge in [-0.1, -0.05) is 0 Å². The summed E-state index contributed by atoms with van der Waals surface area (Å²) in [4.78, 5) is 19.2. The Morgan fingerprint density at radius 1 is 1.15 bits per heavy atom. The van der Waals surface area contributed by atoms with Crippen molar-refractivity contribution in [2.45, 2.75) is 25.3 Å². The van der Waals surface area contributed by atoms with E-state index in [-0.39, 0.29) is 5.82 Å². The first-order valence-corrected chi connectivity index (χ1v) is 9.10. The Kier molecular flexibility index (Phi) is 4.95. The van der Waals surface area contributed by atoms with E-state index in [1.807, 2.05) is 36.9 Å². The summed E-state index contributed by atoms with van der Waals surface area (Å²) in [5.41, 5.74) is 1.21. The number of nitrogens with zero attached hydrogens (tertiary/aromatic N) is 6. The van der Waals surface area contributed by atoms with Gasteiger partial charge in [-0.25, -0.2) is 14.4 Å². The fourth-order valence-electron chi connectivity index (χ4n) is 3.52. The van der Waals surface area contributed by atoms with Crippen LogP contribution in [0.2, 0.25) is 0 Å². The van der Waals surface area contributed by atoms with Crippen molar-refractivity contribution in [2.75, 3.05) is 30.4 Å². The number of anilines is 2. The van der Waals surface area contributed by atoms with Crippen LogP contribution in [0.5, 0.6) is 0 Å². The Balaban J connectivity index is 1.44. The maximum absolute atomic E-state index is 13.6. The van der Waals surface area contributed by atoms with E-state index < -0.39 is 5.82 Å². The molecule has 1 saturated heterocycles. The second kappa shape index (κ2) is 7.69. The number of hydrogen-bond acceptors (Lipinski definition) is 6. The number of rotatable bonds is 5. The van der Waals surface area contributed by atoms with Gasteiger partial charge in [0.1, 0.15) is 5.82 Å². The summed E-state index contributed by atoms with van der Waals surface area (Å²) >= 11 is 0. The zero-order chi connectivity index (χ0) is 18.6. The smallest absolute Gasteiger partial charge is 0.227 e. The second-order valence-electron chi connectivity index (χ2n) is 6.65. The zero-order valence-electron chi connectivity index (χ0n) is 15.2. The molecule has 27 heavy (non-hydrogen) atoms. The molecule has 0 spiro atoms. The van der Waals surface area contributed by atoms with Gasteiger partial charge in [0.05, 0.1) is 6.20 Å². The third-order valence-electron chi connectivity index (χ3n) is 4.96. The van der Waals surface area contributed by atoms with Crippen LogP contribution in [0.15, 0.2) is 43.1 Å². The van der Waals surface area contributed by atoms with Crippen LogP contribution >= 0.6 is 0 Å². The first-order valence-electron chi connectivity index (χ1n) is 9.10. The van der Waals surface area contributed by atoms with Gasteiger partial charge in [0.15, 0.2) is 11.6 Å². The lowest BCUT2D eigenvalue weighted by atomic mass is 9.96. The summed E-state index contributed by atoms with van der Waals surface area (Å²) in [7, 11) is 1.66. The highest BCUT2D eigenvalue weighted by Crippen LogP contribution is 2.29. The molecule has 1 fully saturated rings. The first kappa shape index (κ1) is 17.4.